The molecule has 0 radical (unpaired) electrons. The molecule has 16 heavy (non-hydrogen) atoms. The summed E-state index contributed by atoms with van der Waals surface area (Å²) < 4.78 is 1.89. The van der Waals surface area contributed by atoms with Gasteiger partial charge in [-0.25, -0.2) is 0 Å². The van der Waals surface area contributed by atoms with Crippen molar-refractivity contribution in [2.75, 3.05) is 25.0 Å². The average Bonchev–Trinajstić information content (AvgIpc) is 2.77. The molecule has 1 aromatic heterocycles. The lowest BCUT2D eigenvalue weighted by molar-refractivity contribution is 0.255. The Morgan fingerprint density at radius 3 is 2.94 bits per heavy atom. The fourth-order valence-corrected chi connectivity index (χ4v) is 3.08. The van der Waals surface area contributed by atoms with Crippen LogP contribution in [0, 0.1) is 12.8 Å². The van der Waals surface area contributed by atoms with Crippen molar-refractivity contribution < 1.29 is 0 Å². The Labute approximate surface area is 96.6 Å². The topological polar surface area (TPSA) is 33.1 Å². The molecule has 3 atom stereocenters. The van der Waals surface area contributed by atoms with Gasteiger partial charge in [-0.2, -0.15) is 5.10 Å². The largest absolute Gasteiger partial charge is 0.379 e. The van der Waals surface area contributed by atoms with Gasteiger partial charge in [-0.15, -0.1) is 0 Å². The molecule has 3 heterocycles. The van der Waals surface area contributed by atoms with Crippen LogP contribution in [0.5, 0.6) is 0 Å². The predicted octanol–water partition coefficient (Wildman–Crippen LogP) is 1.23. The van der Waals surface area contributed by atoms with Crippen LogP contribution in [-0.4, -0.2) is 40.4 Å². The summed E-state index contributed by atoms with van der Waals surface area (Å²) in [5.41, 5.74) is 2.33. The van der Waals surface area contributed by atoms with Gasteiger partial charge in [0, 0.05) is 32.4 Å². The standard InChI is InChI=1S/C12H20N4/c1-9-12(8-15(2)14-9)13-11-4-6-16-5-3-10(11)7-16/h8,10-11,13H,3-7H2,1-2H3. The van der Waals surface area contributed by atoms with Crippen LogP contribution in [-0.2, 0) is 7.05 Å². The Morgan fingerprint density at radius 1 is 1.38 bits per heavy atom. The first-order chi connectivity index (χ1) is 7.72. The first-order valence-corrected chi connectivity index (χ1v) is 6.21. The minimum absolute atomic E-state index is 0.654. The molecular formula is C12H20N4. The second kappa shape index (κ2) is 3.77. The zero-order chi connectivity index (χ0) is 11.1. The fourth-order valence-electron chi connectivity index (χ4n) is 3.08. The summed E-state index contributed by atoms with van der Waals surface area (Å²) in [5, 5.41) is 8.07. The lowest BCUT2D eigenvalue weighted by Crippen LogP contribution is -2.39. The molecule has 4 heteroatoms. The third-order valence-corrected chi connectivity index (χ3v) is 3.99. The summed E-state index contributed by atoms with van der Waals surface area (Å²) in [4.78, 5) is 2.58. The maximum Gasteiger partial charge on any atom is 0.0825 e. The number of anilines is 1. The first-order valence-electron chi connectivity index (χ1n) is 6.21. The molecule has 2 aliphatic rings. The number of fused-ring (bicyclic) bond motifs is 2. The highest BCUT2D eigenvalue weighted by molar-refractivity contribution is 5.46. The molecular weight excluding hydrogens is 200 g/mol. The van der Waals surface area contributed by atoms with E-state index in [4.69, 9.17) is 0 Å². The van der Waals surface area contributed by atoms with Gasteiger partial charge in [-0.05, 0) is 32.2 Å². The van der Waals surface area contributed by atoms with Gasteiger partial charge >= 0.3 is 0 Å². The number of aryl methyl sites for hydroxylation is 2. The quantitative estimate of drug-likeness (QED) is 0.814. The third kappa shape index (κ3) is 1.71. The van der Waals surface area contributed by atoms with E-state index < -0.39 is 0 Å². The third-order valence-electron chi connectivity index (χ3n) is 3.99. The van der Waals surface area contributed by atoms with E-state index in [-0.39, 0.29) is 0 Å². The smallest absolute Gasteiger partial charge is 0.0825 e. The molecule has 0 amide bonds. The van der Waals surface area contributed by atoms with Crippen LogP contribution >= 0.6 is 0 Å². The summed E-state index contributed by atoms with van der Waals surface area (Å²) in [6, 6.07) is 0.654. The zero-order valence-electron chi connectivity index (χ0n) is 10.1. The van der Waals surface area contributed by atoms with Crippen LogP contribution in [0.25, 0.3) is 0 Å². The molecule has 0 saturated carbocycles. The summed E-state index contributed by atoms with van der Waals surface area (Å²) in [5.74, 6) is 0.841. The van der Waals surface area contributed by atoms with Crippen LogP contribution in [0.3, 0.4) is 0 Å². The molecule has 3 rings (SSSR count). The van der Waals surface area contributed by atoms with Gasteiger partial charge in [0.2, 0.25) is 0 Å². The van der Waals surface area contributed by atoms with Crippen molar-refractivity contribution in [1.82, 2.24) is 14.7 Å². The number of rotatable bonds is 2. The van der Waals surface area contributed by atoms with Crippen molar-refractivity contribution in [3.8, 4) is 0 Å². The number of hydrogen-bond donors (Lipinski definition) is 1. The Morgan fingerprint density at radius 2 is 2.19 bits per heavy atom. The fraction of sp³-hybridized carbons (Fsp3) is 0.750. The zero-order valence-corrected chi connectivity index (χ0v) is 10.1. The highest BCUT2D eigenvalue weighted by Crippen LogP contribution is 2.29. The first kappa shape index (κ1) is 10.1. The lowest BCUT2D eigenvalue weighted by Gasteiger charge is -2.31. The van der Waals surface area contributed by atoms with E-state index in [0.29, 0.717) is 6.04 Å². The van der Waals surface area contributed by atoms with E-state index >= 15 is 0 Å². The van der Waals surface area contributed by atoms with Crippen molar-refractivity contribution in [2.45, 2.75) is 25.8 Å². The van der Waals surface area contributed by atoms with Crippen LogP contribution in [0.1, 0.15) is 18.5 Å². The Hall–Kier alpha value is -1.03. The molecule has 0 aliphatic carbocycles. The van der Waals surface area contributed by atoms with Crippen molar-refractivity contribution in [3.63, 3.8) is 0 Å². The van der Waals surface area contributed by atoms with E-state index in [1.54, 1.807) is 0 Å². The number of hydrogen-bond acceptors (Lipinski definition) is 3. The molecule has 1 aromatic rings. The second-order valence-electron chi connectivity index (χ2n) is 5.19. The molecule has 2 fully saturated rings. The molecule has 88 valence electrons. The molecule has 0 aromatic carbocycles. The molecule has 4 nitrogen and oxygen atoms in total. The maximum absolute atomic E-state index is 4.38. The summed E-state index contributed by atoms with van der Waals surface area (Å²) in [7, 11) is 1.98. The van der Waals surface area contributed by atoms with Crippen LogP contribution in [0.2, 0.25) is 0 Å². The number of nitrogens with one attached hydrogen (secondary N) is 1. The maximum atomic E-state index is 4.38. The van der Waals surface area contributed by atoms with Crippen LogP contribution in [0.15, 0.2) is 6.20 Å². The lowest BCUT2D eigenvalue weighted by atomic mass is 9.94. The number of aromatic nitrogens is 2. The predicted molar refractivity (Wildman–Crippen MR) is 64.5 cm³/mol. The molecule has 2 saturated heterocycles. The highest BCUT2D eigenvalue weighted by atomic mass is 15.3. The minimum Gasteiger partial charge on any atom is -0.379 e. The Kier molecular flexibility index (Phi) is 2.39. The molecule has 2 aliphatic heterocycles. The van der Waals surface area contributed by atoms with Gasteiger partial charge in [0.15, 0.2) is 0 Å². The van der Waals surface area contributed by atoms with Crippen molar-refractivity contribution in [3.05, 3.63) is 11.9 Å². The van der Waals surface area contributed by atoms with Gasteiger partial charge < -0.3 is 10.2 Å². The summed E-state index contributed by atoms with van der Waals surface area (Å²) >= 11 is 0. The van der Waals surface area contributed by atoms with Gasteiger partial charge in [-0.3, -0.25) is 4.68 Å². The van der Waals surface area contributed by atoms with E-state index in [2.05, 4.69) is 28.4 Å². The summed E-state index contributed by atoms with van der Waals surface area (Å²) in [6.07, 6.45) is 4.73. The SMILES string of the molecule is Cc1nn(C)cc1NC1CCN2CCC1C2. The molecule has 1 N–H and O–H groups in total. The van der Waals surface area contributed by atoms with E-state index in [1.165, 1.54) is 38.2 Å². The number of piperidine rings is 1. The van der Waals surface area contributed by atoms with Crippen molar-refractivity contribution in [1.29, 1.82) is 0 Å². The van der Waals surface area contributed by atoms with Crippen molar-refractivity contribution >= 4 is 5.69 Å². The van der Waals surface area contributed by atoms with Gasteiger partial charge in [-0.1, -0.05) is 0 Å². The minimum atomic E-state index is 0.654. The van der Waals surface area contributed by atoms with E-state index in [0.717, 1.165) is 11.6 Å². The normalized spacial score (nSPS) is 33.0. The van der Waals surface area contributed by atoms with E-state index in [9.17, 15) is 0 Å². The van der Waals surface area contributed by atoms with Gasteiger partial charge in [0.1, 0.15) is 0 Å². The highest BCUT2D eigenvalue weighted by Gasteiger charge is 2.34. The van der Waals surface area contributed by atoms with Crippen LogP contribution in [0.4, 0.5) is 5.69 Å². The Bertz CT molecular complexity index is 384. The second-order valence-corrected chi connectivity index (χ2v) is 5.19. The van der Waals surface area contributed by atoms with Gasteiger partial charge in [0.05, 0.1) is 11.4 Å². The summed E-state index contributed by atoms with van der Waals surface area (Å²) in [6.45, 7) is 5.92. The average molecular weight is 220 g/mol. The van der Waals surface area contributed by atoms with E-state index in [1.807, 2.05) is 11.7 Å². The molecule has 2 bridgehead atoms. The monoisotopic (exact) mass is 220 g/mol. The molecule has 0 spiro atoms. The molecule has 3 unspecified atom stereocenters. The van der Waals surface area contributed by atoms with Gasteiger partial charge in [0.25, 0.3) is 0 Å². The van der Waals surface area contributed by atoms with Crippen molar-refractivity contribution in [2.24, 2.45) is 13.0 Å². The Balaban J connectivity index is 1.72. The number of nitrogens with zero attached hydrogens (tertiary/aromatic N) is 3. The van der Waals surface area contributed by atoms with Crippen LogP contribution < -0.4 is 5.32 Å².